The van der Waals surface area contributed by atoms with Crippen molar-refractivity contribution in [2.75, 3.05) is 35.2 Å². The standard InChI is InChI=1S/C24H26N4O2S/c1-15-6-7-20-17(10-15)21(28-13-18-19(14-28)24(18)25)11-23(26-20)27-8-9-31(29,30)22-5-3-2-4-16(22)12-27/h2-7,10-11,18-19,24H,8-9,12-14,25H2,1H3/t18-,19+,24?. The van der Waals surface area contributed by atoms with E-state index in [0.29, 0.717) is 35.9 Å². The van der Waals surface area contributed by atoms with E-state index in [1.807, 2.05) is 12.1 Å². The molecule has 0 radical (unpaired) electrons. The number of fused-ring (bicyclic) bond motifs is 3. The number of anilines is 2. The van der Waals surface area contributed by atoms with Gasteiger partial charge in [0.2, 0.25) is 0 Å². The van der Waals surface area contributed by atoms with Gasteiger partial charge in [-0.25, -0.2) is 13.4 Å². The summed E-state index contributed by atoms with van der Waals surface area (Å²) in [7, 11) is -3.29. The van der Waals surface area contributed by atoms with Gasteiger partial charge in [0.15, 0.2) is 9.84 Å². The summed E-state index contributed by atoms with van der Waals surface area (Å²) in [6.45, 7) is 5.03. The summed E-state index contributed by atoms with van der Waals surface area (Å²) in [5, 5.41) is 1.15. The number of hydrogen-bond donors (Lipinski definition) is 1. The van der Waals surface area contributed by atoms with Crippen molar-refractivity contribution in [2.24, 2.45) is 17.6 Å². The van der Waals surface area contributed by atoms with Crippen LogP contribution in [-0.4, -0.2) is 44.8 Å². The molecular formula is C24H26N4O2S. The fourth-order valence-corrected chi connectivity index (χ4v) is 6.76. The largest absolute Gasteiger partial charge is 0.370 e. The smallest absolute Gasteiger partial charge is 0.180 e. The Hall–Kier alpha value is -2.64. The monoisotopic (exact) mass is 434 g/mol. The SMILES string of the molecule is Cc1ccc2nc(N3CCS(=O)(=O)c4ccccc4C3)cc(N3C[C@@H]4C(N)[C@@H]4C3)c2c1. The van der Waals surface area contributed by atoms with E-state index in [0.717, 1.165) is 35.4 Å². The fraction of sp³-hybridized carbons (Fsp3) is 0.375. The summed E-state index contributed by atoms with van der Waals surface area (Å²) in [6.07, 6.45) is 0. The highest BCUT2D eigenvalue weighted by atomic mass is 32.2. The topological polar surface area (TPSA) is 79.5 Å². The summed E-state index contributed by atoms with van der Waals surface area (Å²) in [6, 6.07) is 16.2. The van der Waals surface area contributed by atoms with Crippen molar-refractivity contribution >= 4 is 32.2 Å². The van der Waals surface area contributed by atoms with Gasteiger partial charge in [0.25, 0.3) is 0 Å². The molecule has 0 bridgehead atoms. The molecule has 1 aliphatic carbocycles. The average Bonchev–Trinajstić information content (AvgIpc) is 3.18. The second kappa shape index (κ2) is 6.68. The second-order valence-electron chi connectivity index (χ2n) is 9.18. The molecule has 2 aliphatic heterocycles. The van der Waals surface area contributed by atoms with Gasteiger partial charge in [-0.05, 0) is 42.5 Å². The number of aromatic nitrogens is 1. The molecule has 3 heterocycles. The third kappa shape index (κ3) is 3.10. The van der Waals surface area contributed by atoms with Crippen LogP contribution in [0.5, 0.6) is 0 Å². The Morgan fingerprint density at radius 2 is 1.81 bits per heavy atom. The van der Waals surface area contributed by atoms with E-state index in [9.17, 15) is 8.42 Å². The molecule has 1 saturated heterocycles. The molecule has 1 saturated carbocycles. The molecule has 0 spiro atoms. The van der Waals surface area contributed by atoms with Crippen molar-refractivity contribution in [1.82, 2.24) is 4.98 Å². The van der Waals surface area contributed by atoms with Gasteiger partial charge in [0.05, 0.1) is 16.2 Å². The summed E-state index contributed by atoms with van der Waals surface area (Å²) >= 11 is 0. The van der Waals surface area contributed by atoms with Gasteiger partial charge in [-0.1, -0.05) is 29.8 Å². The number of aryl methyl sites for hydroxylation is 1. The first-order valence-electron chi connectivity index (χ1n) is 10.9. The minimum atomic E-state index is -3.29. The maximum atomic E-state index is 12.8. The highest BCUT2D eigenvalue weighted by Gasteiger charge is 2.53. The van der Waals surface area contributed by atoms with E-state index in [2.05, 4.69) is 41.0 Å². The van der Waals surface area contributed by atoms with Gasteiger partial charge in [-0.2, -0.15) is 0 Å². The average molecular weight is 435 g/mol. The van der Waals surface area contributed by atoms with Crippen molar-refractivity contribution in [1.29, 1.82) is 0 Å². The Kier molecular flexibility index (Phi) is 4.11. The number of benzene rings is 2. The quantitative estimate of drug-likeness (QED) is 0.668. The second-order valence-corrected chi connectivity index (χ2v) is 11.3. The van der Waals surface area contributed by atoms with Crippen molar-refractivity contribution in [3.8, 4) is 0 Å². The van der Waals surface area contributed by atoms with Gasteiger partial charge in [0, 0.05) is 49.4 Å². The first-order valence-corrected chi connectivity index (χ1v) is 12.5. The maximum absolute atomic E-state index is 12.8. The van der Waals surface area contributed by atoms with Crippen LogP contribution < -0.4 is 15.5 Å². The minimum absolute atomic E-state index is 0.0929. The lowest BCUT2D eigenvalue weighted by Crippen LogP contribution is -2.30. The van der Waals surface area contributed by atoms with Gasteiger partial charge in [-0.15, -0.1) is 0 Å². The lowest BCUT2D eigenvalue weighted by atomic mass is 10.1. The zero-order chi connectivity index (χ0) is 21.3. The number of nitrogens with two attached hydrogens (primary N) is 1. The van der Waals surface area contributed by atoms with Gasteiger partial charge in [0.1, 0.15) is 5.82 Å². The highest BCUT2D eigenvalue weighted by molar-refractivity contribution is 7.91. The number of sulfone groups is 1. The molecule has 31 heavy (non-hydrogen) atoms. The van der Waals surface area contributed by atoms with Crippen LogP contribution in [0.15, 0.2) is 53.4 Å². The van der Waals surface area contributed by atoms with E-state index in [-0.39, 0.29) is 5.75 Å². The van der Waals surface area contributed by atoms with Crippen LogP contribution in [0.1, 0.15) is 11.1 Å². The van der Waals surface area contributed by atoms with Crippen LogP contribution >= 0.6 is 0 Å². The van der Waals surface area contributed by atoms with Crippen molar-refractivity contribution in [2.45, 2.75) is 24.4 Å². The summed E-state index contributed by atoms with van der Waals surface area (Å²) in [5.41, 5.74) is 10.4. The van der Waals surface area contributed by atoms with Gasteiger partial charge in [-0.3, -0.25) is 0 Å². The molecular weight excluding hydrogens is 408 g/mol. The van der Waals surface area contributed by atoms with Crippen LogP contribution in [0.3, 0.4) is 0 Å². The molecule has 2 aromatic carbocycles. The molecule has 1 unspecified atom stereocenters. The van der Waals surface area contributed by atoms with Crippen molar-refractivity contribution < 1.29 is 8.42 Å². The zero-order valence-electron chi connectivity index (χ0n) is 17.5. The van der Waals surface area contributed by atoms with Crippen LogP contribution in [0, 0.1) is 18.8 Å². The number of rotatable bonds is 2. The third-order valence-corrected chi connectivity index (χ3v) is 8.94. The van der Waals surface area contributed by atoms with Crippen LogP contribution in [0.2, 0.25) is 0 Å². The van der Waals surface area contributed by atoms with Gasteiger partial charge >= 0.3 is 0 Å². The molecule has 0 amide bonds. The Morgan fingerprint density at radius 3 is 2.61 bits per heavy atom. The predicted molar refractivity (Wildman–Crippen MR) is 123 cm³/mol. The molecule has 7 heteroatoms. The molecule has 1 aromatic heterocycles. The lowest BCUT2D eigenvalue weighted by Gasteiger charge is -2.27. The van der Waals surface area contributed by atoms with E-state index < -0.39 is 9.84 Å². The molecule has 2 N–H and O–H groups in total. The predicted octanol–water partition coefficient (Wildman–Crippen LogP) is 2.73. The highest BCUT2D eigenvalue weighted by Crippen LogP contribution is 2.47. The molecule has 2 fully saturated rings. The van der Waals surface area contributed by atoms with Crippen molar-refractivity contribution in [3.05, 3.63) is 59.7 Å². The number of hydrogen-bond acceptors (Lipinski definition) is 6. The van der Waals surface area contributed by atoms with Crippen LogP contribution in [0.4, 0.5) is 11.5 Å². The Bertz CT molecular complexity index is 1290. The Morgan fingerprint density at radius 1 is 1.03 bits per heavy atom. The Balaban J connectivity index is 1.44. The van der Waals surface area contributed by atoms with E-state index in [1.165, 1.54) is 11.3 Å². The number of pyridine rings is 1. The molecule has 3 atom stereocenters. The first-order chi connectivity index (χ1) is 14.9. The molecule has 6 rings (SSSR count). The van der Waals surface area contributed by atoms with Crippen LogP contribution in [-0.2, 0) is 16.4 Å². The van der Waals surface area contributed by atoms with E-state index in [4.69, 9.17) is 10.7 Å². The summed E-state index contributed by atoms with van der Waals surface area (Å²) in [4.78, 5) is 9.95. The van der Waals surface area contributed by atoms with E-state index >= 15 is 0 Å². The minimum Gasteiger partial charge on any atom is -0.370 e. The normalized spacial score (nSPS) is 26.5. The Labute approximate surface area is 182 Å². The van der Waals surface area contributed by atoms with Crippen molar-refractivity contribution in [3.63, 3.8) is 0 Å². The number of piperidine rings is 1. The lowest BCUT2D eigenvalue weighted by molar-refractivity contribution is 0.596. The van der Waals surface area contributed by atoms with Gasteiger partial charge < -0.3 is 15.5 Å². The molecule has 3 aliphatic rings. The first kappa shape index (κ1) is 19.1. The third-order valence-electron chi connectivity index (χ3n) is 7.15. The van der Waals surface area contributed by atoms with Crippen LogP contribution in [0.25, 0.3) is 10.9 Å². The summed E-state index contributed by atoms with van der Waals surface area (Å²) < 4.78 is 25.6. The van der Waals surface area contributed by atoms with E-state index in [1.54, 1.807) is 12.1 Å². The summed E-state index contributed by atoms with van der Waals surface area (Å²) in [5.74, 6) is 2.11. The zero-order valence-corrected chi connectivity index (χ0v) is 18.3. The molecule has 160 valence electrons. The molecule has 6 nitrogen and oxygen atoms in total. The molecule has 3 aromatic rings. The number of nitrogens with zero attached hydrogens (tertiary/aromatic N) is 3. The maximum Gasteiger partial charge on any atom is 0.180 e. The fourth-order valence-electron chi connectivity index (χ4n) is 5.26.